The van der Waals surface area contributed by atoms with Gasteiger partial charge in [0.25, 0.3) is 0 Å². The van der Waals surface area contributed by atoms with Crippen LogP contribution in [0.4, 0.5) is 0 Å². The van der Waals surface area contributed by atoms with Crippen molar-refractivity contribution in [2.45, 2.75) is 58.3 Å². The van der Waals surface area contributed by atoms with Crippen molar-refractivity contribution in [1.82, 2.24) is 0 Å². The number of allylic oxidation sites excluding steroid dienone is 4. The Hall–Kier alpha value is 0.0343. The van der Waals surface area contributed by atoms with Crippen LogP contribution >= 0.6 is 26.5 Å². The van der Waals surface area contributed by atoms with Gasteiger partial charge in [-0.25, -0.2) is 12.2 Å². The average molecular weight is 443 g/mol. The maximum absolute atomic E-state index is 4.89. The molecule has 1 aliphatic rings. The van der Waals surface area contributed by atoms with Crippen LogP contribution in [0.15, 0.2) is 54.6 Å². The number of hydrogen-bond donors (Lipinski definition) is 0. The van der Waals surface area contributed by atoms with Gasteiger partial charge in [-0.15, -0.1) is 46.8 Å². The molecule has 3 rings (SSSR count). The Kier molecular flexibility index (Phi) is 10.3. The van der Waals surface area contributed by atoms with Crippen LogP contribution in [0.3, 0.4) is 0 Å². The van der Waals surface area contributed by atoms with Crippen LogP contribution in [-0.2, 0) is 17.0 Å². The molecular formula is C22H29Cl2PTi-2. The standard InChI is InChI=1S/C17H24P.C5H5.2ClH.Ti/c1-16(2,3)18(17(4,5)6)15-11-13-9-7-8-10-14(13)12-15;1-2-4-5-3-1;;;/h7-12H,1-6H3;1-3H,4H2;2*1H;/q2*-1;;;+2/p-2. The Labute approximate surface area is 177 Å². The minimum atomic E-state index is -0.556. The van der Waals surface area contributed by atoms with Gasteiger partial charge in [-0.2, -0.15) is 12.1 Å². The monoisotopic (exact) mass is 442 g/mol. The first kappa shape index (κ1) is 24.1. The molecule has 0 radical (unpaired) electrons. The van der Waals surface area contributed by atoms with Gasteiger partial charge in [-0.3, -0.25) is 6.08 Å². The second kappa shape index (κ2) is 11.1. The minimum absolute atomic E-state index is 0.185. The summed E-state index contributed by atoms with van der Waals surface area (Å²) in [4.78, 5) is 0. The second-order valence-corrected chi connectivity index (χ2v) is 14.5. The van der Waals surface area contributed by atoms with Crippen LogP contribution in [0.1, 0.15) is 48.0 Å². The summed E-state index contributed by atoms with van der Waals surface area (Å²) in [5.41, 5.74) is 0. The fourth-order valence-electron chi connectivity index (χ4n) is 3.38. The Balaban J connectivity index is 0.000000351. The van der Waals surface area contributed by atoms with Crippen LogP contribution in [0.2, 0.25) is 0 Å². The van der Waals surface area contributed by atoms with Crippen LogP contribution in [-0.4, -0.2) is 10.3 Å². The number of halogens is 2. The van der Waals surface area contributed by atoms with E-state index in [1.54, 1.807) is 5.30 Å². The van der Waals surface area contributed by atoms with E-state index in [2.05, 4.69) is 90.1 Å². The van der Waals surface area contributed by atoms with E-state index in [0.717, 1.165) is 6.42 Å². The van der Waals surface area contributed by atoms with Gasteiger partial charge < -0.3 is 0 Å². The average Bonchev–Trinajstić information content (AvgIpc) is 3.17. The van der Waals surface area contributed by atoms with Gasteiger partial charge in [0, 0.05) is 0 Å². The van der Waals surface area contributed by atoms with Crippen LogP contribution < -0.4 is 5.30 Å². The van der Waals surface area contributed by atoms with Crippen molar-refractivity contribution in [1.29, 1.82) is 0 Å². The molecule has 26 heavy (non-hydrogen) atoms. The molecule has 2 aromatic carbocycles. The first-order chi connectivity index (χ1) is 12.1. The third kappa shape index (κ3) is 7.96. The molecule has 1 aliphatic carbocycles. The zero-order valence-corrected chi connectivity index (χ0v) is 20.6. The van der Waals surface area contributed by atoms with Crippen molar-refractivity contribution in [3.63, 3.8) is 0 Å². The van der Waals surface area contributed by atoms with Gasteiger partial charge in [0.05, 0.1) is 0 Å². The van der Waals surface area contributed by atoms with Gasteiger partial charge in [0.1, 0.15) is 0 Å². The summed E-state index contributed by atoms with van der Waals surface area (Å²) in [6.07, 6.45) is 10.0. The Bertz CT molecular complexity index is 661. The molecule has 0 nitrogen and oxygen atoms in total. The topological polar surface area (TPSA) is 0 Å². The van der Waals surface area contributed by atoms with Crippen molar-refractivity contribution in [3.05, 3.63) is 60.7 Å². The molecule has 0 heterocycles. The predicted octanol–water partition coefficient (Wildman–Crippen LogP) is 7.95. The zero-order chi connectivity index (χ0) is 19.8. The van der Waals surface area contributed by atoms with E-state index in [1.807, 2.05) is 12.2 Å². The van der Waals surface area contributed by atoms with E-state index >= 15 is 0 Å². The molecule has 0 amide bonds. The Morgan fingerprint density at radius 3 is 2.00 bits per heavy atom. The predicted molar refractivity (Wildman–Crippen MR) is 119 cm³/mol. The van der Waals surface area contributed by atoms with E-state index in [1.165, 1.54) is 10.8 Å². The van der Waals surface area contributed by atoms with Crippen molar-refractivity contribution in [2.75, 3.05) is 0 Å². The van der Waals surface area contributed by atoms with Crippen molar-refractivity contribution >= 4 is 42.6 Å². The number of hydrogen-bond acceptors (Lipinski definition) is 0. The van der Waals surface area contributed by atoms with E-state index in [9.17, 15) is 0 Å². The van der Waals surface area contributed by atoms with Gasteiger partial charge in [0.15, 0.2) is 0 Å². The third-order valence-electron chi connectivity index (χ3n) is 3.79. The maximum atomic E-state index is 4.89. The van der Waals surface area contributed by atoms with E-state index in [4.69, 9.17) is 18.6 Å². The number of benzene rings is 1. The van der Waals surface area contributed by atoms with Gasteiger partial charge in [-0.1, -0.05) is 55.5 Å². The van der Waals surface area contributed by atoms with Crippen LogP contribution in [0, 0.1) is 6.08 Å². The molecule has 2 aromatic rings. The number of rotatable bonds is 1. The summed E-state index contributed by atoms with van der Waals surface area (Å²) in [6, 6.07) is 13.5. The molecule has 0 saturated carbocycles. The van der Waals surface area contributed by atoms with Crippen LogP contribution in [0.5, 0.6) is 0 Å². The fraction of sp³-hybridized carbons (Fsp3) is 0.409. The quantitative estimate of drug-likeness (QED) is 0.238. The van der Waals surface area contributed by atoms with E-state index in [-0.39, 0.29) is 7.92 Å². The summed E-state index contributed by atoms with van der Waals surface area (Å²) >= 11 is -0.556. The molecule has 0 N–H and O–H groups in total. The normalized spacial score (nSPS) is 13.3. The van der Waals surface area contributed by atoms with Crippen LogP contribution in [0.25, 0.3) is 10.8 Å². The summed E-state index contributed by atoms with van der Waals surface area (Å²) in [5, 5.41) is 5.00. The molecule has 0 unspecified atom stereocenters. The Morgan fingerprint density at radius 1 is 1.04 bits per heavy atom. The molecule has 0 bridgehead atoms. The second-order valence-electron chi connectivity index (χ2n) is 8.09. The summed E-state index contributed by atoms with van der Waals surface area (Å²) in [6.45, 7) is 14.3. The van der Waals surface area contributed by atoms with Gasteiger partial charge in [0.2, 0.25) is 0 Å². The molecule has 0 aliphatic heterocycles. The van der Waals surface area contributed by atoms with E-state index in [0.29, 0.717) is 10.3 Å². The first-order valence-electron chi connectivity index (χ1n) is 8.75. The molecule has 142 valence electrons. The van der Waals surface area contributed by atoms with E-state index < -0.39 is 17.0 Å². The zero-order valence-electron chi connectivity index (χ0n) is 16.6. The van der Waals surface area contributed by atoms with Crippen molar-refractivity contribution in [2.24, 2.45) is 0 Å². The third-order valence-corrected chi connectivity index (χ3v) is 7.25. The summed E-state index contributed by atoms with van der Waals surface area (Å²) in [7, 11) is 9.59. The van der Waals surface area contributed by atoms with Gasteiger partial charge in [-0.05, 0) is 10.3 Å². The molecule has 0 atom stereocenters. The molecule has 0 fully saturated rings. The molecule has 0 saturated heterocycles. The van der Waals surface area contributed by atoms with Crippen molar-refractivity contribution in [3.8, 4) is 0 Å². The molecule has 0 spiro atoms. The summed E-state index contributed by atoms with van der Waals surface area (Å²) in [5.74, 6) is 0. The SMILES string of the molecule is CC(C)(C)P(c1cc2ccccc2[cH-]1)C(C)(C)C.[C-]1=CC=CC1.[Cl][Ti][Cl]. The molecule has 0 aromatic heterocycles. The fourth-order valence-corrected chi connectivity index (χ4v) is 7.48. The first-order valence-corrected chi connectivity index (χ1v) is 14.4. The Morgan fingerprint density at radius 2 is 1.62 bits per heavy atom. The van der Waals surface area contributed by atoms with Gasteiger partial charge >= 0.3 is 35.6 Å². The molecular weight excluding hydrogens is 414 g/mol. The summed E-state index contributed by atoms with van der Waals surface area (Å²) < 4.78 is 0. The van der Waals surface area contributed by atoms with Crippen molar-refractivity contribution < 1.29 is 17.0 Å². The molecule has 4 heteroatoms. The number of fused-ring (bicyclic) bond motifs is 1.